The van der Waals surface area contributed by atoms with Crippen LogP contribution in [-0.4, -0.2) is 60.0 Å². The summed E-state index contributed by atoms with van der Waals surface area (Å²) in [5, 5.41) is 3.71. The molecular formula is C17H31N3O. The molecule has 3 fully saturated rings. The molecule has 120 valence electrons. The Kier molecular flexibility index (Phi) is 5.17. The van der Waals surface area contributed by atoms with Crippen molar-refractivity contribution in [2.24, 2.45) is 0 Å². The number of piperidine rings is 2. The molecule has 0 aliphatic carbocycles. The molecule has 3 heterocycles. The Bertz CT molecular complexity index is 340. The van der Waals surface area contributed by atoms with Crippen LogP contribution >= 0.6 is 0 Å². The Hall–Kier alpha value is -0.610. The first-order chi connectivity index (χ1) is 10.3. The first-order valence-electron chi connectivity index (χ1n) is 9.05. The lowest BCUT2D eigenvalue weighted by Gasteiger charge is -2.49. The van der Waals surface area contributed by atoms with Crippen LogP contribution in [-0.2, 0) is 4.79 Å². The van der Waals surface area contributed by atoms with Gasteiger partial charge in [0.15, 0.2) is 0 Å². The summed E-state index contributed by atoms with van der Waals surface area (Å²) in [7, 11) is 0. The molecule has 1 amide bonds. The molecular weight excluding hydrogens is 262 g/mol. The van der Waals surface area contributed by atoms with E-state index >= 15 is 0 Å². The Labute approximate surface area is 129 Å². The smallest absolute Gasteiger partial charge is 0.236 e. The molecule has 3 rings (SSSR count). The van der Waals surface area contributed by atoms with Crippen LogP contribution in [0.3, 0.4) is 0 Å². The molecule has 3 aliphatic rings. The largest absolute Gasteiger partial charge is 0.342 e. The lowest BCUT2D eigenvalue weighted by Crippen LogP contribution is -2.58. The first-order valence-corrected chi connectivity index (χ1v) is 9.05. The highest BCUT2D eigenvalue weighted by Crippen LogP contribution is 2.34. The molecule has 4 nitrogen and oxygen atoms in total. The monoisotopic (exact) mass is 293 g/mol. The van der Waals surface area contributed by atoms with Crippen molar-refractivity contribution < 1.29 is 4.79 Å². The minimum atomic E-state index is 0.379. The maximum absolute atomic E-state index is 12.5. The van der Waals surface area contributed by atoms with Gasteiger partial charge in [-0.3, -0.25) is 9.69 Å². The molecule has 0 spiro atoms. The normalized spacial score (nSPS) is 33.4. The molecule has 0 radical (unpaired) electrons. The van der Waals surface area contributed by atoms with Gasteiger partial charge in [0.2, 0.25) is 5.91 Å². The van der Waals surface area contributed by atoms with E-state index in [1.54, 1.807) is 0 Å². The Morgan fingerprint density at radius 2 is 1.76 bits per heavy atom. The van der Waals surface area contributed by atoms with Gasteiger partial charge in [0.05, 0.1) is 6.54 Å². The minimum Gasteiger partial charge on any atom is -0.342 e. The third-order valence-corrected chi connectivity index (χ3v) is 5.59. The third-order valence-electron chi connectivity index (χ3n) is 5.59. The summed E-state index contributed by atoms with van der Waals surface area (Å²) < 4.78 is 0. The summed E-state index contributed by atoms with van der Waals surface area (Å²) in [5.41, 5.74) is 0. The Morgan fingerprint density at radius 3 is 2.38 bits per heavy atom. The summed E-state index contributed by atoms with van der Waals surface area (Å²) in [6.07, 6.45) is 10.0. The molecule has 1 N–H and O–H groups in total. The molecule has 21 heavy (non-hydrogen) atoms. The van der Waals surface area contributed by atoms with Crippen LogP contribution in [0, 0.1) is 0 Å². The molecule has 3 aliphatic heterocycles. The SMILES string of the molecule is CCCNC1CC2CCCC(C1)N2CC(=O)N1CCCC1. The van der Waals surface area contributed by atoms with Gasteiger partial charge in [-0.2, -0.15) is 0 Å². The van der Waals surface area contributed by atoms with Gasteiger partial charge in [-0.15, -0.1) is 0 Å². The summed E-state index contributed by atoms with van der Waals surface area (Å²) in [6, 6.07) is 1.95. The van der Waals surface area contributed by atoms with Crippen molar-refractivity contribution in [1.29, 1.82) is 0 Å². The van der Waals surface area contributed by atoms with Gasteiger partial charge in [-0.25, -0.2) is 0 Å². The van der Waals surface area contributed by atoms with Crippen LogP contribution in [0.1, 0.15) is 58.3 Å². The standard InChI is InChI=1S/C17H31N3O/c1-2-8-18-14-11-15-6-5-7-16(12-14)20(15)13-17(21)19-9-3-4-10-19/h14-16,18H,2-13H2,1H3. The number of likely N-dealkylation sites (tertiary alicyclic amines) is 1. The van der Waals surface area contributed by atoms with Crippen molar-refractivity contribution in [3.05, 3.63) is 0 Å². The number of hydrogen-bond acceptors (Lipinski definition) is 3. The van der Waals surface area contributed by atoms with Crippen LogP contribution in [0.2, 0.25) is 0 Å². The Balaban J connectivity index is 1.57. The Morgan fingerprint density at radius 1 is 1.10 bits per heavy atom. The van der Waals surface area contributed by atoms with E-state index in [9.17, 15) is 4.79 Å². The topological polar surface area (TPSA) is 35.6 Å². The summed E-state index contributed by atoms with van der Waals surface area (Å²) in [5.74, 6) is 0.379. The molecule has 4 heteroatoms. The summed E-state index contributed by atoms with van der Waals surface area (Å²) >= 11 is 0. The molecule has 2 unspecified atom stereocenters. The maximum Gasteiger partial charge on any atom is 0.236 e. The number of carbonyl (C=O) groups excluding carboxylic acids is 1. The van der Waals surface area contributed by atoms with Crippen molar-refractivity contribution in [1.82, 2.24) is 15.1 Å². The van der Waals surface area contributed by atoms with Crippen molar-refractivity contribution >= 4 is 5.91 Å². The summed E-state index contributed by atoms with van der Waals surface area (Å²) in [6.45, 7) is 6.02. The fraction of sp³-hybridized carbons (Fsp3) is 0.941. The molecule has 0 aromatic rings. The second-order valence-electron chi connectivity index (χ2n) is 7.12. The predicted octanol–water partition coefficient (Wildman–Crippen LogP) is 1.99. The number of hydrogen-bond donors (Lipinski definition) is 1. The van der Waals surface area contributed by atoms with Gasteiger partial charge in [-0.05, 0) is 51.5 Å². The predicted molar refractivity (Wildman–Crippen MR) is 85.3 cm³/mol. The molecule has 3 saturated heterocycles. The number of amides is 1. The quantitative estimate of drug-likeness (QED) is 0.842. The van der Waals surface area contributed by atoms with Crippen molar-refractivity contribution in [3.8, 4) is 0 Å². The average molecular weight is 293 g/mol. The zero-order chi connectivity index (χ0) is 14.7. The van der Waals surface area contributed by atoms with E-state index in [1.807, 2.05) is 0 Å². The van der Waals surface area contributed by atoms with Gasteiger partial charge in [0, 0.05) is 31.2 Å². The van der Waals surface area contributed by atoms with E-state index in [-0.39, 0.29) is 0 Å². The number of nitrogens with zero attached hydrogens (tertiary/aromatic N) is 2. The first kappa shape index (κ1) is 15.3. The zero-order valence-electron chi connectivity index (χ0n) is 13.5. The molecule has 0 aromatic carbocycles. The van der Waals surface area contributed by atoms with Gasteiger partial charge in [0.1, 0.15) is 0 Å². The number of fused-ring (bicyclic) bond motifs is 2. The molecule has 2 bridgehead atoms. The van der Waals surface area contributed by atoms with E-state index in [2.05, 4.69) is 22.0 Å². The minimum absolute atomic E-state index is 0.379. The third kappa shape index (κ3) is 3.59. The molecule has 2 atom stereocenters. The molecule has 0 saturated carbocycles. The van der Waals surface area contributed by atoms with Crippen LogP contribution < -0.4 is 5.32 Å². The van der Waals surface area contributed by atoms with Crippen molar-refractivity contribution in [2.75, 3.05) is 26.2 Å². The number of rotatable bonds is 5. The van der Waals surface area contributed by atoms with Crippen LogP contribution in [0.25, 0.3) is 0 Å². The van der Waals surface area contributed by atoms with Gasteiger partial charge < -0.3 is 10.2 Å². The van der Waals surface area contributed by atoms with Crippen LogP contribution in [0.5, 0.6) is 0 Å². The number of carbonyl (C=O) groups is 1. The van der Waals surface area contributed by atoms with Crippen LogP contribution in [0.15, 0.2) is 0 Å². The van der Waals surface area contributed by atoms with E-state index in [0.29, 0.717) is 30.6 Å². The average Bonchev–Trinajstić information content (AvgIpc) is 2.99. The molecule has 0 aromatic heterocycles. The second kappa shape index (κ2) is 7.10. The zero-order valence-corrected chi connectivity index (χ0v) is 13.5. The number of nitrogens with one attached hydrogen (secondary N) is 1. The highest BCUT2D eigenvalue weighted by molar-refractivity contribution is 5.78. The van der Waals surface area contributed by atoms with E-state index in [1.165, 1.54) is 51.4 Å². The fourth-order valence-electron chi connectivity index (χ4n) is 4.47. The van der Waals surface area contributed by atoms with E-state index in [0.717, 1.165) is 19.6 Å². The fourth-order valence-corrected chi connectivity index (χ4v) is 4.47. The summed E-state index contributed by atoms with van der Waals surface area (Å²) in [4.78, 5) is 17.1. The van der Waals surface area contributed by atoms with E-state index in [4.69, 9.17) is 0 Å². The highest BCUT2D eigenvalue weighted by atomic mass is 16.2. The highest BCUT2D eigenvalue weighted by Gasteiger charge is 2.39. The van der Waals surface area contributed by atoms with Crippen molar-refractivity contribution in [2.45, 2.75) is 76.4 Å². The van der Waals surface area contributed by atoms with E-state index < -0.39 is 0 Å². The van der Waals surface area contributed by atoms with Crippen LogP contribution in [0.4, 0.5) is 0 Å². The van der Waals surface area contributed by atoms with Gasteiger partial charge in [-0.1, -0.05) is 13.3 Å². The second-order valence-corrected chi connectivity index (χ2v) is 7.12. The van der Waals surface area contributed by atoms with Gasteiger partial charge in [0.25, 0.3) is 0 Å². The van der Waals surface area contributed by atoms with Crippen molar-refractivity contribution in [3.63, 3.8) is 0 Å². The van der Waals surface area contributed by atoms with Gasteiger partial charge >= 0.3 is 0 Å². The lowest BCUT2D eigenvalue weighted by molar-refractivity contribution is -0.134. The lowest BCUT2D eigenvalue weighted by atomic mass is 9.81. The maximum atomic E-state index is 12.5.